The number of piperazine rings is 1. The maximum Gasteiger partial charge on any atom is 0.232 e. The summed E-state index contributed by atoms with van der Waals surface area (Å²) >= 11 is 6.27. The first-order valence-electron chi connectivity index (χ1n) is 12.4. The van der Waals surface area contributed by atoms with Crippen LogP contribution < -0.4 is 15.0 Å². The van der Waals surface area contributed by atoms with Crippen LogP contribution in [0.5, 0.6) is 5.88 Å². The van der Waals surface area contributed by atoms with Crippen molar-refractivity contribution in [2.45, 2.75) is 25.0 Å². The molecule has 38 heavy (non-hydrogen) atoms. The van der Waals surface area contributed by atoms with Gasteiger partial charge in [0.25, 0.3) is 0 Å². The minimum Gasteiger partial charge on any atom is -0.480 e. The van der Waals surface area contributed by atoms with Gasteiger partial charge in [0.2, 0.25) is 5.88 Å². The Bertz CT molecular complexity index is 1510. The summed E-state index contributed by atoms with van der Waals surface area (Å²) in [6.07, 6.45) is 8.13. The van der Waals surface area contributed by atoms with Crippen molar-refractivity contribution in [3.63, 3.8) is 0 Å². The third-order valence-electron chi connectivity index (χ3n) is 7.31. The lowest BCUT2D eigenvalue weighted by Gasteiger charge is -2.56. The first-order chi connectivity index (χ1) is 18.6. The molecule has 3 fully saturated rings. The molecular formula is C27H26ClFN8O. The number of anilines is 2. The summed E-state index contributed by atoms with van der Waals surface area (Å²) in [4.78, 5) is 13.9. The van der Waals surface area contributed by atoms with Crippen molar-refractivity contribution < 1.29 is 9.13 Å². The lowest BCUT2D eigenvalue weighted by molar-refractivity contribution is -0.00876. The second-order valence-electron chi connectivity index (χ2n) is 9.58. The predicted molar refractivity (Wildman–Crippen MR) is 143 cm³/mol. The first kappa shape index (κ1) is 24.4. The zero-order valence-corrected chi connectivity index (χ0v) is 21.6. The number of halogens is 2. The van der Waals surface area contributed by atoms with E-state index in [1.807, 2.05) is 36.7 Å². The maximum atomic E-state index is 12.7. The number of piperidine rings is 1. The lowest BCUT2D eigenvalue weighted by Crippen LogP contribution is -2.68. The molecule has 7 heterocycles. The fraction of sp³-hybridized carbons (Fsp3) is 0.333. The van der Waals surface area contributed by atoms with E-state index in [4.69, 9.17) is 21.3 Å². The molecule has 2 bridgehead atoms. The van der Waals surface area contributed by atoms with Crippen LogP contribution in [0.4, 0.5) is 15.9 Å². The molecule has 7 rings (SSSR count). The summed E-state index contributed by atoms with van der Waals surface area (Å²) in [5.41, 5.74) is 4.68. The van der Waals surface area contributed by atoms with Crippen molar-refractivity contribution in [2.75, 3.05) is 43.6 Å². The quantitative estimate of drug-likeness (QED) is 0.361. The average molecular weight is 533 g/mol. The van der Waals surface area contributed by atoms with Crippen LogP contribution in [0.25, 0.3) is 16.6 Å². The fourth-order valence-corrected chi connectivity index (χ4v) is 5.76. The summed E-state index contributed by atoms with van der Waals surface area (Å²) in [5, 5.41) is 17.5. The largest absolute Gasteiger partial charge is 0.480 e. The molecule has 4 aromatic rings. The number of rotatable bonds is 8. The number of aromatic nitrogens is 4. The number of nitrogens with one attached hydrogen (secondary N) is 1. The molecule has 2 atom stereocenters. The smallest absolute Gasteiger partial charge is 0.232 e. The van der Waals surface area contributed by atoms with E-state index in [1.165, 1.54) is 6.42 Å². The zero-order valence-electron chi connectivity index (χ0n) is 20.8. The van der Waals surface area contributed by atoms with Gasteiger partial charge in [-0.25, -0.2) is 18.9 Å². The molecule has 1 N–H and O–H groups in total. The Morgan fingerprint density at radius 1 is 1.18 bits per heavy atom. The third kappa shape index (κ3) is 4.38. The highest BCUT2D eigenvalue weighted by atomic mass is 35.5. The molecule has 3 aliphatic heterocycles. The molecule has 0 aromatic carbocycles. The van der Waals surface area contributed by atoms with E-state index in [9.17, 15) is 9.65 Å². The van der Waals surface area contributed by atoms with E-state index >= 15 is 0 Å². The van der Waals surface area contributed by atoms with Crippen LogP contribution >= 0.6 is 11.6 Å². The van der Waals surface area contributed by atoms with Crippen molar-refractivity contribution >= 4 is 28.6 Å². The van der Waals surface area contributed by atoms with E-state index in [0.717, 1.165) is 47.8 Å². The normalized spacial score (nSPS) is 18.7. The van der Waals surface area contributed by atoms with Crippen LogP contribution in [-0.2, 0) is 6.54 Å². The minimum atomic E-state index is -0.480. The summed E-state index contributed by atoms with van der Waals surface area (Å²) < 4.78 is 19.6. The fourth-order valence-electron chi connectivity index (χ4n) is 5.49. The Morgan fingerprint density at radius 2 is 2.03 bits per heavy atom. The molecule has 0 amide bonds. The molecule has 3 saturated heterocycles. The van der Waals surface area contributed by atoms with Crippen molar-refractivity contribution in [3.05, 3.63) is 65.2 Å². The number of ether oxygens (including phenoxy) is 1. The van der Waals surface area contributed by atoms with Crippen LogP contribution in [0.2, 0.25) is 5.02 Å². The number of fused-ring (bicyclic) bond motifs is 3. The highest BCUT2D eigenvalue weighted by Crippen LogP contribution is 2.37. The topological polar surface area (TPSA) is 94.6 Å². The Hall–Kier alpha value is -3.94. The van der Waals surface area contributed by atoms with Gasteiger partial charge >= 0.3 is 0 Å². The van der Waals surface area contributed by atoms with Gasteiger partial charge in [-0.05, 0) is 36.2 Å². The van der Waals surface area contributed by atoms with Gasteiger partial charge in [0, 0.05) is 61.8 Å². The standard InChI is InChI=1S/C27H26ClFN8O/c1-38-27-24(28)6-17(10-33-27)13-36-21-8-22(36)16-35(15-21)25-3-2-18(11-32-25)23-7-20(31-5-4-29)14-37-26(23)19(9-30)12-34-37/h2-3,6-7,10-12,14,21-22,31H,4-5,8,13,15-16H2,1H3. The van der Waals surface area contributed by atoms with Crippen LogP contribution in [0.1, 0.15) is 17.5 Å². The van der Waals surface area contributed by atoms with Gasteiger partial charge in [0.1, 0.15) is 23.6 Å². The number of nitriles is 1. The van der Waals surface area contributed by atoms with Crippen molar-refractivity contribution in [3.8, 4) is 23.1 Å². The molecule has 11 heteroatoms. The van der Waals surface area contributed by atoms with Gasteiger partial charge in [-0.2, -0.15) is 10.4 Å². The third-order valence-corrected chi connectivity index (χ3v) is 7.58. The molecule has 0 radical (unpaired) electrons. The highest BCUT2D eigenvalue weighted by molar-refractivity contribution is 6.31. The Labute approximate surface area is 224 Å². The maximum absolute atomic E-state index is 12.7. The SMILES string of the molecule is COc1ncc(CN2C3CC2CN(c2ccc(-c4cc(NCCF)cn5ncc(C#N)c45)cn2)C3)cc1Cl. The van der Waals surface area contributed by atoms with Gasteiger partial charge in [0.05, 0.1) is 36.3 Å². The molecule has 3 aliphatic rings. The van der Waals surface area contributed by atoms with Crippen molar-refractivity contribution in [1.29, 1.82) is 5.26 Å². The molecule has 9 nitrogen and oxygen atoms in total. The van der Waals surface area contributed by atoms with Crippen LogP contribution in [0.3, 0.4) is 0 Å². The number of methoxy groups -OCH3 is 1. The van der Waals surface area contributed by atoms with E-state index in [2.05, 4.69) is 31.3 Å². The van der Waals surface area contributed by atoms with Gasteiger partial charge in [0.15, 0.2) is 0 Å². The lowest BCUT2D eigenvalue weighted by atomic mass is 9.87. The number of nitrogens with zero attached hydrogens (tertiary/aromatic N) is 7. The summed E-state index contributed by atoms with van der Waals surface area (Å²) in [5.74, 6) is 1.37. The highest BCUT2D eigenvalue weighted by Gasteiger charge is 2.44. The summed E-state index contributed by atoms with van der Waals surface area (Å²) in [7, 11) is 1.56. The molecule has 2 unspecified atom stereocenters. The van der Waals surface area contributed by atoms with Crippen LogP contribution in [0, 0.1) is 11.3 Å². The van der Waals surface area contributed by atoms with E-state index < -0.39 is 6.67 Å². The molecule has 0 aliphatic carbocycles. The van der Waals surface area contributed by atoms with E-state index in [-0.39, 0.29) is 6.54 Å². The number of pyridine rings is 3. The van der Waals surface area contributed by atoms with Gasteiger partial charge < -0.3 is 15.0 Å². The Kier molecular flexibility index (Phi) is 6.47. The Morgan fingerprint density at radius 3 is 2.71 bits per heavy atom. The molecule has 0 saturated carbocycles. The second-order valence-corrected chi connectivity index (χ2v) is 9.99. The summed E-state index contributed by atoms with van der Waals surface area (Å²) in [6, 6.07) is 11.0. The molecule has 4 aromatic heterocycles. The minimum absolute atomic E-state index is 0.199. The number of alkyl halides is 1. The van der Waals surface area contributed by atoms with Gasteiger partial charge in [-0.3, -0.25) is 4.90 Å². The van der Waals surface area contributed by atoms with E-state index in [0.29, 0.717) is 34.1 Å². The van der Waals surface area contributed by atoms with Gasteiger partial charge in [-0.1, -0.05) is 11.6 Å². The zero-order chi connectivity index (χ0) is 26.2. The second kappa shape index (κ2) is 10.1. The molecular weight excluding hydrogens is 507 g/mol. The van der Waals surface area contributed by atoms with Gasteiger partial charge in [-0.15, -0.1) is 0 Å². The first-order valence-corrected chi connectivity index (χ1v) is 12.8. The van der Waals surface area contributed by atoms with Crippen LogP contribution in [0.15, 0.2) is 49.1 Å². The summed E-state index contributed by atoms with van der Waals surface area (Å²) in [6.45, 7) is 2.32. The van der Waals surface area contributed by atoms with E-state index in [1.54, 1.807) is 24.0 Å². The molecule has 194 valence electrons. The van der Waals surface area contributed by atoms with Crippen LogP contribution in [-0.4, -0.2) is 70.0 Å². The predicted octanol–water partition coefficient (Wildman–Crippen LogP) is 4.17. The average Bonchev–Trinajstić information content (AvgIpc) is 3.37. The van der Waals surface area contributed by atoms with Crippen molar-refractivity contribution in [2.24, 2.45) is 0 Å². The number of hydrogen-bond acceptors (Lipinski definition) is 8. The van der Waals surface area contributed by atoms with Crippen molar-refractivity contribution in [1.82, 2.24) is 24.5 Å². The Balaban J connectivity index is 1.19. The monoisotopic (exact) mass is 532 g/mol. The number of hydrogen-bond donors (Lipinski definition) is 1. The molecule has 0 spiro atoms.